The molecule has 0 N–H and O–H groups in total. The number of ether oxygens (including phenoxy) is 7. The molecule has 7 nitrogen and oxygen atoms in total. The fourth-order valence-corrected chi connectivity index (χ4v) is 4.87. The molecule has 4 aromatic rings. The predicted octanol–water partition coefficient (Wildman–Crippen LogP) is 8.32. The van der Waals surface area contributed by atoms with Crippen LogP contribution in [0.2, 0.25) is 0 Å². The zero-order valence-corrected chi connectivity index (χ0v) is 28.5. The molecule has 0 aromatic heterocycles. The first-order valence-electron chi connectivity index (χ1n) is 14.4. The van der Waals surface area contributed by atoms with E-state index in [1.807, 2.05) is 75.4 Å². The molecule has 0 spiro atoms. The van der Waals surface area contributed by atoms with E-state index in [4.69, 9.17) is 33.2 Å². The van der Waals surface area contributed by atoms with Crippen molar-refractivity contribution in [2.45, 2.75) is 20.8 Å². The molecule has 0 aliphatic carbocycles. The van der Waals surface area contributed by atoms with Gasteiger partial charge < -0.3 is 33.2 Å². The van der Waals surface area contributed by atoms with Crippen molar-refractivity contribution in [2.75, 3.05) is 49.8 Å². The van der Waals surface area contributed by atoms with Gasteiger partial charge in [0.15, 0.2) is 23.0 Å². The van der Waals surface area contributed by atoms with Crippen molar-refractivity contribution in [1.82, 2.24) is 0 Å². The van der Waals surface area contributed by atoms with E-state index < -0.39 is 0 Å². The quantitative estimate of drug-likeness (QED) is 0.123. The largest absolute Gasteiger partial charge is 0.496 e. The second-order valence-corrected chi connectivity index (χ2v) is 10.2. The number of methoxy groups -OCH3 is 7. The SMILES string of the molecule is COc1ccc(/C=C\c2cc(C)c(OC)c(OC)c2)cc1C.COc1ccc(/C=C\c2cc(OC)c(OC)c(OC)c2)cc1C.[B]. The molecule has 0 unspecified atom stereocenters. The first kappa shape index (κ1) is 37.2. The lowest BCUT2D eigenvalue weighted by Crippen LogP contribution is -1.95. The molecule has 4 rings (SSSR count). The van der Waals surface area contributed by atoms with Crippen LogP contribution < -0.4 is 33.2 Å². The fourth-order valence-electron chi connectivity index (χ4n) is 4.87. The zero-order valence-electron chi connectivity index (χ0n) is 28.5. The molecule has 4 aromatic carbocycles. The number of hydrogen-bond acceptors (Lipinski definition) is 7. The van der Waals surface area contributed by atoms with Gasteiger partial charge in [-0.1, -0.05) is 36.4 Å². The molecule has 3 radical (unpaired) electrons. The summed E-state index contributed by atoms with van der Waals surface area (Å²) in [5.74, 6) is 5.17. The third kappa shape index (κ3) is 9.51. The van der Waals surface area contributed by atoms with E-state index in [1.54, 1.807) is 49.8 Å². The summed E-state index contributed by atoms with van der Waals surface area (Å²) in [6.45, 7) is 6.07. The molecule has 0 heterocycles. The van der Waals surface area contributed by atoms with Crippen molar-refractivity contribution in [3.63, 3.8) is 0 Å². The van der Waals surface area contributed by atoms with Gasteiger partial charge in [0.25, 0.3) is 0 Å². The Morgan fingerprint density at radius 1 is 0.348 bits per heavy atom. The first-order chi connectivity index (χ1) is 21.7. The van der Waals surface area contributed by atoms with Crippen LogP contribution in [-0.4, -0.2) is 58.2 Å². The van der Waals surface area contributed by atoms with Crippen molar-refractivity contribution in [3.05, 3.63) is 99.6 Å². The highest BCUT2D eigenvalue weighted by molar-refractivity contribution is 5.76. The minimum atomic E-state index is 0. The average molecular weight is 624 g/mol. The van der Waals surface area contributed by atoms with Crippen LogP contribution in [0.5, 0.6) is 40.2 Å². The molecule has 0 saturated heterocycles. The van der Waals surface area contributed by atoms with Gasteiger partial charge in [0, 0.05) is 8.41 Å². The zero-order chi connectivity index (χ0) is 32.9. The first-order valence-corrected chi connectivity index (χ1v) is 14.4. The van der Waals surface area contributed by atoms with Gasteiger partial charge in [-0.2, -0.15) is 0 Å². The van der Waals surface area contributed by atoms with E-state index in [0.717, 1.165) is 61.9 Å². The van der Waals surface area contributed by atoms with Crippen molar-refractivity contribution in [3.8, 4) is 40.2 Å². The molecular formula is C38H44BO7. The summed E-state index contributed by atoms with van der Waals surface area (Å²) in [5.41, 5.74) is 7.53. The highest BCUT2D eigenvalue weighted by Crippen LogP contribution is 2.38. The van der Waals surface area contributed by atoms with E-state index >= 15 is 0 Å². The van der Waals surface area contributed by atoms with Gasteiger partial charge in [-0.25, -0.2) is 0 Å². The van der Waals surface area contributed by atoms with E-state index in [-0.39, 0.29) is 8.41 Å². The van der Waals surface area contributed by atoms with Crippen molar-refractivity contribution < 1.29 is 33.2 Å². The predicted molar refractivity (Wildman–Crippen MR) is 189 cm³/mol. The van der Waals surface area contributed by atoms with Crippen molar-refractivity contribution in [1.29, 1.82) is 0 Å². The maximum atomic E-state index is 5.38. The minimum Gasteiger partial charge on any atom is -0.496 e. The van der Waals surface area contributed by atoms with Gasteiger partial charge in [-0.15, -0.1) is 0 Å². The molecule has 0 saturated carbocycles. The summed E-state index contributed by atoms with van der Waals surface area (Å²) in [5, 5.41) is 0. The van der Waals surface area contributed by atoms with E-state index in [1.165, 1.54) is 0 Å². The van der Waals surface area contributed by atoms with Crippen LogP contribution in [-0.2, 0) is 0 Å². The van der Waals surface area contributed by atoms with Crippen molar-refractivity contribution in [2.24, 2.45) is 0 Å². The molecule has 0 fully saturated rings. The van der Waals surface area contributed by atoms with Crippen LogP contribution in [0.25, 0.3) is 24.3 Å². The Morgan fingerprint density at radius 2 is 0.674 bits per heavy atom. The Labute approximate surface area is 275 Å². The molecule has 8 heteroatoms. The summed E-state index contributed by atoms with van der Waals surface area (Å²) in [6.07, 6.45) is 8.18. The van der Waals surface area contributed by atoms with Gasteiger partial charge >= 0.3 is 0 Å². The van der Waals surface area contributed by atoms with Gasteiger partial charge in [0.05, 0.1) is 49.8 Å². The fraction of sp³-hybridized carbons (Fsp3) is 0.263. The number of aryl methyl sites for hydroxylation is 3. The normalized spacial score (nSPS) is 10.5. The Hall–Kier alpha value is -4.98. The number of benzene rings is 4. The summed E-state index contributed by atoms with van der Waals surface area (Å²) in [7, 11) is 11.5. The number of rotatable bonds is 11. The van der Waals surface area contributed by atoms with Crippen molar-refractivity contribution >= 4 is 32.7 Å². The van der Waals surface area contributed by atoms with Crippen LogP contribution in [0.1, 0.15) is 38.9 Å². The van der Waals surface area contributed by atoms with E-state index in [9.17, 15) is 0 Å². The van der Waals surface area contributed by atoms with E-state index in [2.05, 4.69) is 30.4 Å². The topological polar surface area (TPSA) is 64.6 Å². The van der Waals surface area contributed by atoms with Crippen LogP contribution in [0.3, 0.4) is 0 Å². The van der Waals surface area contributed by atoms with Gasteiger partial charge in [-0.3, -0.25) is 0 Å². The monoisotopic (exact) mass is 623 g/mol. The van der Waals surface area contributed by atoms with Crippen LogP contribution in [0.15, 0.2) is 60.7 Å². The van der Waals surface area contributed by atoms with Crippen LogP contribution in [0.4, 0.5) is 0 Å². The molecule has 0 amide bonds. The number of hydrogen-bond donors (Lipinski definition) is 0. The van der Waals surface area contributed by atoms with Gasteiger partial charge in [-0.05, 0) is 108 Å². The Kier molecular flexibility index (Phi) is 14.6. The molecule has 0 atom stereocenters. The molecule has 241 valence electrons. The van der Waals surface area contributed by atoms with Crippen LogP contribution in [0, 0.1) is 20.8 Å². The lowest BCUT2D eigenvalue weighted by atomic mass is 10.1. The molecule has 46 heavy (non-hydrogen) atoms. The van der Waals surface area contributed by atoms with Gasteiger partial charge in [0.1, 0.15) is 11.5 Å². The lowest BCUT2D eigenvalue weighted by molar-refractivity contribution is 0.324. The third-order valence-electron chi connectivity index (χ3n) is 7.15. The maximum Gasteiger partial charge on any atom is 0.203 e. The minimum absolute atomic E-state index is 0. The molecule has 0 aliphatic heterocycles. The smallest absolute Gasteiger partial charge is 0.203 e. The van der Waals surface area contributed by atoms with E-state index in [0.29, 0.717) is 17.2 Å². The highest BCUT2D eigenvalue weighted by atomic mass is 16.5. The summed E-state index contributed by atoms with van der Waals surface area (Å²) in [4.78, 5) is 0. The molecule has 0 aliphatic rings. The summed E-state index contributed by atoms with van der Waals surface area (Å²) < 4.78 is 37.4. The second kappa shape index (κ2) is 18.1. The standard InChI is InChI=1S/C19H22O4.C19H22O3.B/c1-13-10-14(8-9-16(13)20-2)6-7-15-11-17(21-3)19(23-5)18(12-15)22-4;1-13-10-15(8-9-17(13)20-3)6-7-16-11-14(2)19(22-5)18(12-16)21-4;/h6-12H,1-5H3;6-12H,1-5H3;/b2*7-6-;. The Morgan fingerprint density at radius 3 is 1.02 bits per heavy atom. The lowest BCUT2D eigenvalue weighted by Gasteiger charge is -2.12. The summed E-state index contributed by atoms with van der Waals surface area (Å²) >= 11 is 0. The average Bonchev–Trinajstić information content (AvgIpc) is 3.05. The highest BCUT2D eigenvalue weighted by Gasteiger charge is 2.12. The Balaban J connectivity index is 0.000000314. The molecule has 0 bridgehead atoms. The Bertz CT molecular complexity index is 1620. The summed E-state index contributed by atoms with van der Waals surface area (Å²) in [6, 6.07) is 20.0. The van der Waals surface area contributed by atoms with Crippen LogP contribution >= 0.6 is 0 Å². The molecular weight excluding hydrogens is 579 g/mol. The van der Waals surface area contributed by atoms with Gasteiger partial charge in [0.2, 0.25) is 5.75 Å². The maximum absolute atomic E-state index is 5.38. The third-order valence-corrected chi connectivity index (χ3v) is 7.15. The second-order valence-electron chi connectivity index (χ2n) is 10.2.